The van der Waals surface area contributed by atoms with E-state index in [9.17, 15) is 18.0 Å². The minimum atomic E-state index is -3.89. The average molecular weight is 419 g/mol. The summed E-state index contributed by atoms with van der Waals surface area (Å²) in [6.45, 7) is 7.85. The maximum atomic E-state index is 12.7. The number of aryl methyl sites for hydroxylation is 2. The summed E-state index contributed by atoms with van der Waals surface area (Å²) in [5.41, 5.74) is 2.00. The molecule has 7 nitrogen and oxygen atoms in total. The Balaban J connectivity index is 2.20. The van der Waals surface area contributed by atoms with E-state index in [1.165, 1.54) is 18.2 Å². The molecular weight excluding hydrogens is 392 g/mol. The molecule has 8 heteroatoms. The number of ether oxygens (including phenoxy) is 1. The Labute approximate surface area is 171 Å². The van der Waals surface area contributed by atoms with Crippen LogP contribution < -0.4 is 4.72 Å². The number of hydrogen-bond donors (Lipinski definition) is 1. The largest absolute Gasteiger partial charge is 0.452 e. The van der Waals surface area contributed by atoms with E-state index in [1.54, 1.807) is 30.0 Å². The van der Waals surface area contributed by atoms with Crippen molar-refractivity contribution < 1.29 is 22.7 Å². The van der Waals surface area contributed by atoms with Gasteiger partial charge in [0.1, 0.15) is 0 Å². The molecule has 0 unspecified atom stereocenters. The van der Waals surface area contributed by atoms with Gasteiger partial charge in [0, 0.05) is 18.8 Å². The Morgan fingerprint density at radius 2 is 1.72 bits per heavy atom. The molecule has 0 spiro atoms. The standard InChI is InChI=1S/C21H26N2O5S/c1-5-23(6-2)20(24)14-28-21(25)19-13-18(11-10-16(19)4)29(26,27)22-17-9-7-8-15(3)12-17/h7-13,22H,5-6,14H2,1-4H3. The number of carbonyl (C=O) groups is 2. The first-order valence-corrected chi connectivity index (χ1v) is 10.8. The summed E-state index contributed by atoms with van der Waals surface area (Å²) in [6.07, 6.45) is 0. The Morgan fingerprint density at radius 1 is 1.03 bits per heavy atom. The summed E-state index contributed by atoms with van der Waals surface area (Å²) in [6, 6.07) is 11.2. The van der Waals surface area contributed by atoms with Crippen LogP contribution in [-0.4, -0.2) is 44.9 Å². The van der Waals surface area contributed by atoms with Gasteiger partial charge in [-0.3, -0.25) is 9.52 Å². The molecule has 0 aromatic heterocycles. The molecule has 0 saturated carbocycles. The number of rotatable bonds is 8. The number of amides is 1. The number of nitrogens with zero attached hydrogens (tertiary/aromatic N) is 1. The summed E-state index contributed by atoms with van der Waals surface area (Å²) >= 11 is 0. The zero-order valence-electron chi connectivity index (χ0n) is 17.1. The summed E-state index contributed by atoms with van der Waals surface area (Å²) < 4.78 is 33.0. The van der Waals surface area contributed by atoms with Gasteiger partial charge >= 0.3 is 5.97 Å². The molecule has 0 aliphatic heterocycles. The lowest BCUT2D eigenvalue weighted by Gasteiger charge is -2.18. The molecule has 0 saturated heterocycles. The van der Waals surface area contributed by atoms with Crippen molar-refractivity contribution in [3.8, 4) is 0 Å². The van der Waals surface area contributed by atoms with E-state index < -0.39 is 22.6 Å². The number of nitrogens with one attached hydrogen (secondary N) is 1. The first-order chi connectivity index (χ1) is 13.7. The molecule has 0 radical (unpaired) electrons. The van der Waals surface area contributed by atoms with E-state index in [2.05, 4.69) is 4.72 Å². The zero-order valence-corrected chi connectivity index (χ0v) is 17.9. The van der Waals surface area contributed by atoms with E-state index in [-0.39, 0.29) is 16.4 Å². The van der Waals surface area contributed by atoms with Gasteiger partial charge in [-0.1, -0.05) is 18.2 Å². The van der Waals surface area contributed by atoms with Crippen LogP contribution >= 0.6 is 0 Å². The third kappa shape index (κ3) is 5.80. The van der Waals surface area contributed by atoms with E-state index >= 15 is 0 Å². The molecular formula is C21H26N2O5S. The normalized spacial score (nSPS) is 11.0. The molecule has 2 aromatic carbocycles. The molecule has 2 rings (SSSR count). The van der Waals surface area contributed by atoms with E-state index in [0.717, 1.165) is 5.56 Å². The number of esters is 1. The average Bonchev–Trinajstić information content (AvgIpc) is 2.67. The topological polar surface area (TPSA) is 92.8 Å². The Kier molecular flexibility index (Phi) is 7.39. The molecule has 0 bridgehead atoms. The predicted octanol–water partition coefficient (Wildman–Crippen LogP) is 3.13. The second-order valence-corrected chi connectivity index (χ2v) is 8.28. The number of sulfonamides is 1. The maximum Gasteiger partial charge on any atom is 0.338 e. The van der Waals surface area contributed by atoms with Crippen LogP contribution in [0.5, 0.6) is 0 Å². The van der Waals surface area contributed by atoms with Gasteiger partial charge in [-0.05, 0) is 63.1 Å². The van der Waals surface area contributed by atoms with E-state index in [4.69, 9.17) is 4.74 Å². The van der Waals surface area contributed by atoms with Crippen LogP contribution in [-0.2, 0) is 19.6 Å². The van der Waals surface area contributed by atoms with Crippen molar-refractivity contribution >= 4 is 27.6 Å². The van der Waals surface area contributed by atoms with Gasteiger partial charge < -0.3 is 9.64 Å². The second-order valence-electron chi connectivity index (χ2n) is 6.59. The summed E-state index contributed by atoms with van der Waals surface area (Å²) in [5, 5.41) is 0. The highest BCUT2D eigenvalue weighted by Crippen LogP contribution is 2.20. The maximum absolute atomic E-state index is 12.7. The van der Waals surface area contributed by atoms with Gasteiger partial charge in [0.25, 0.3) is 15.9 Å². The number of likely N-dealkylation sites (N-methyl/N-ethyl adjacent to an activating group) is 1. The molecule has 0 aliphatic carbocycles. The van der Waals surface area contributed by atoms with Crippen LogP contribution in [0.1, 0.15) is 35.3 Å². The first kappa shape index (κ1) is 22.4. The minimum Gasteiger partial charge on any atom is -0.452 e. The predicted molar refractivity (Wildman–Crippen MR) is 111 cm³/mol. The van der Waals surface area contributed by atoms with Crippen LogP contribution in [0.3, 0.4) is 0 Å². The van der Waals surface area contributed by atoms with Crippen molar-refractivity contribution in [1.29, 1.82) is 0 Å². The number of benzene rings is 2. The number of carbonyl (C=O) groups excluding carboxylic acids is 2. The quantitative estimate of drug-likeness (QED) is 0.665. The Hall–Kier alpha value is -2.87. The number of anilines is 1. The second kappa shape index (κ2) is 9.56. The SMILES string of the molecule is CCN(CC)C(=O)COC(=O)c1cc(S(=O)(=O)Nc2cccc(C)c2)ccc1C. The smallest absolute Gasteiger partial charge is 0.338 e. The molecule has 1 N–H and O–H groups in total. The zero-order chi connectivity index (χ0) is 21.6. The minimum absolute atomic E-state index is 0.0633. The molecule has 0 aliphatic rings. The molecule has 1 amide bonds. The first-order valence-electron chi connectivity index (χ1n) is 9.33. The van der Waals surface area contributed by atoms with Gasteiger partial charge in [0.05, 0.1) is 10.5 Å². The van der Waals surface area contributed by atoms with Gasteiger partial charge in [0.2, 0.25) is 0 Å². The van der Waals surface area contributed by atoms with Crippen molar-refractivity contribution in [2.75, 3.05) is 24.4 Å². The van der Waals surface area contributed by atoms with Crippen LogP contribution in [0.4, 0.5) is 5.69 Å². The highest BCUT2D eigenvalue weighted by atomic mass is 32.2. The molecule has 156 valence electrons. The van der Waals surface area contributed by atoms with Gasteiger partial charge in [-0.25, -0.2) is 13.2 Å². The lowest BCUT2D eigenvalue weighted by molar-refractivity contribution is -0.134. The summed E-state index contributed by atoms with van der Waals surface area (Å²) in [4.78, 5) is 26.0. The summed E-state index contributed by atoms with van der Waals surface area (Å²) in [5.74, 6) is -1.04. The third-order valence-electron chi connectivity index (χ3n) is 4.45. The van der Waals surface area contributed by atoms with Crippen molar-refractivity contribution in [3.63, 3.8) is 0 Å². The van der Waals surface area contributed by atoms with Crippen molar-refractivity contribution in [2.45, 2.75) is 32.6 Å². The van der Waals surface area contributed by atoms with Crippen LogP contribution in [0, 0.1) is 13.8 Å². The molecule has 0 heterocycles. The molecule has 29 heavy (non-hydrogen) atoms. The van der Waals surface area contributed by atoms with E-state index in [0.29, 0.717) is 24.3 Å². The van der Waals surface area contributed by atoms with Crippen LogP contribution in [0.15, 0.2) is 47.4 Å². The molecule has 2 aromatic rings. The summed E-state index contributed by atoms with van der Waals surface area (Å²) in [7, 11) is -3.89. The fraction of sp³-hybridized carbons (Fsp3) is 0.333. The Morgan fingerprint density at radius 3 is 2.34 bits per heavy atom. The van der Waals surface area contributed by atoms with Crippen molar-refractivity contribution in [1.82, 2.24) is 4.90 Å². The van der Waals surface area contributed by atoms with Gasteiger partial charge in [-0.2, -0.15) is 0 Å². The van der Waals surface area contributed by atoms with Gasteiger partial charge in [-0.15, -0.1) is 0 Å². The Bertz CT molecular complexity index is 998. The number of hydrogen-bond acceptors (Lipinski definition) is 5. The highest BCUT2D eigenvalue weighted by molar-refractivity contribution is 7.92. The lowest BCUT2D eigenvalue weighted by atomic mass is 10.1. The fourth-order valence-corrected chi connectivity index (χ4v) is 3.86. The van der Waals surface area contributed by atoms with Crippen LogP contribution in [0.2, 0.25) is 0 Å². The van der Waals surface area contributed by atoms with Crippen LogP contribution in [0.25, 0.3) is 0 Å². The van der Waals surface area contributed by atoms with Gasteiger partial charge in [0.15, 0.2) is 6.61 Å². The fourth-order valence-electron chi connectivity index (χ4n) is 2.78. The van der Waals surface area contributed by atoms with Crippen molar-refractivity contribution in [2.24, 2.45) is 0 Å². The monoisotopic (exact) mass is 418 g/mol. The molecule has 0 fully saturated rings. The van der Waals surface area contributed by atoms with E-state index in [1.807, 2.05) is 26.8 Å². The molecule has 0 atom stereocenters. The lowest BCUT2D eigenvalue weighted by Crippen LogP contribution is -2.34. The third-order valence-corrected chi connectivity index (χ3v) is 5.83. The van der Waals surface area contributed by atoms with Crippen molar-refractivity contribution in [3.05, 3.63) is 59.2 Å². The highest BCUT2D eigenvalue weighted by Gasteiger charge is 2.20.